The van der Waals surface area contributed by atoms with E-state index in [1.807, 2.05) is 12.1 Å². The van der Waals surface area contributed by atoms with Crippen LogP contribution in [0.1, 0.15) is 0 Å². The van der Waals surface area contributed by atoms with Crippen molar-refractivity contribution in [2.45, 2.75) is 4.90 Å². The molecule has 0 unspecified atom stereocenters. The Bertz CT molecular complexity index is 740. The molecule has 1 aromatic heterocycles. The van der Waals surface area contributed by atoms with E-state index in [1.165, 1.54) is 21.2 Å². The summed E-state index contributed by atoms with van der Waals surface area (Å²) in [4.78, 5) is 5.41. The fourth-order valence-corrected chi connectivity index (χ4v) is 3.11. The van der Waals surface area contributed by atoms with Crippen molar-refractivity contribution in [2.24, 2.45) is 0 Å². The van der Waals surface area contributed by atoms with E-state index >= 15 is 0 Å². The molecule has 1 nitrogen and oxygen atoms in total. The Kier molecular flexibility index (Phi) is 3.45. The van der Waals surface area contributed by atoms with Gasteiger partial charge in [0.2, 0.25) is 0 Å². The molecule has 0 saturated carbocycles. The lowest BCUT2D eigenvalue weighted by molar-refractivity contribution is 1.32. The highest BCUT2D eigenvalue weighted by Crippen LogP contribution is 2.39. The summed E-state index contributed by atoms with van der Waals surface area (Å²) < 4.78 is 0. The first-order valence-electron chi connectivity index (χ1n) is 5.98. The molecule has 19 heavy (non-hydrogen) atoms. The Labute approximate surface area is 121 Å². The van der Waals surface area contributed by atoms with Gasteiger partial charge in [0.05, 0.1) is 0 Å². The standard InChI is InChI=1S/C16H12ClNS/c1-19-14-9-8-11-5-2-3-6-12(11)15(14)13-7-4-10-18-16(13)17/h2-10H,1H3. The Morgan fingerprint density at radius 2 is 1.84 bits per heavy atom. The van der Waals surface area contributed by atoms with Gasteiger partial charge in [-0.1, -0.05) is 41.9 Å². The van der Waals surface area contributed by atoms with Crippen molar-refractivity contribution in [3.05, 3.63) is 59.9 Å². The maximum Gasteiger partial charge on any atom is 0.136 e. The molecule has 3 aromatic rings. The summed E-state index contributed by atoms with van der Waals surface area (Å²) in [6, 6.07) is 16.6. The first-order valence-corrected chi connectivity index (χ1v) is 7.58. The first-order chi connectivity index (χ1) is 9.31. The number of rotatable bonds is 2. The second-order valence-electron chi connectivity index (χ2n) is 4.21. The number of nitrogens with zero attached hydrogens (tertiary/aromatic N) is 1. The van der Waals surface area contributed by atoms with Crippen LogP contribution < -0.4 is 0 Å². The predicted molar refractivity (Wildman–Crippen MR) is 84.0 cm³/mol. The molecule has 94 valence electrons. The van der Waals surface area contributed by atoms with Crippen molar-refractivity contribution >= 4 is 34.1 Å². The number of halogens is 1. The van der Waals surface area contributed by atoms with E-state index < -0.39 is 0 Å². The summed E-state index contributed by atoms with van der Waals surface area (Å²) in [6.45, 7) is 0. The Morgan fingerprint density at radius 3 is 2.63 bits per heavy atom. The summed E-state index contributed by atoms with van der Waals surface area (Å²) in [7, 11) is 0. The number of thioether (sulfide) groups is 1. The number of hydrogen-bond donors (Lipinski definition) is 0. The van der Waals surface area contributed by atoms with Crippen molar-refractivity contribution in [2.75, 3.05) is 6.26 Å². The largest absolute Gasteiger partial charge is 0.244 e. The van der Waals surface area contributed by atoms with E-state index in [9.17, 15) is 0 Å². The fraction of sp³-hybridized carbons (Fsp3) is 0.0625. The summed E-state index contributed by atoms with van der Waals surface area (Å²) in [5.41, 5.74) is 2.16. The van der Waals surface area contributed by atoms with Crippen LogP contribution in [-0.4, -0.2) is 11.2 Å². The van der Waals surface area contributed by atoms with E-state index in [4.69, 9.17) is 11.6 Å². The minimum absolute atomic E-state index is 0.550. The van der Waals surface area contributed by atoms with Crippen molar-refractivity contribution in [1.29, 1.82) is 0 Å². The van der Waals surface area contributed by atoms with E-state index in [1.54, 1.807) is 18.0 Å². The lowest BCUT2D eigenvalue weighted by Gasteiger charge is -2.12. The molecule has 2 aromatic carbocycles. The minimum Gasteiger partial charge on any atom is -0.244 e. The van der Waals surface area contributed by atoms with Crippen LogP contribution in [0.2, 0.25) is 5.15 Å². The van der Waals surface area contributed by atoms with Gasteiger partial charge >= 0.3 is 0 Å². The third kappa shape index (κ3) is 2.22. The third-order valence-electron chi connectivity index (χ3n) is 3.14. The van der Waals surface area contributed by atoms with E-state index in [0.29, 0.717) is 5.15 Å². The van der Waals surface area contributed by atoms with Gasteiger partial charge in [-0.2, -0.15) is 0 Å². The smallest absolute Gasteiger partial charge is 0.136 e. The van der Waals surface area contributed by atoms with Gasteiger partial charge in [0.15, 0.2) is 0 Å². The molecule has 0 bridgehead atoms. The van der Waals surface area contributed by atoms with Gasteiger partial charge in [0, 0.05) is 22.2 Å². The zero-order chi connectivity index (χ0) is 13.2. The molecule has 0 spiro atoms. The molecule has 0 saturated heterocycles. The number of hydrogen-bond acceptors (Lipinski definition) is 2. The maximum atomic E-state index is 6.27. The summed E-state index contributed by atoms with van der Waals surface area (Å²) in [6.07, 6.45) is 3.80. The van der Waals surface area contributed by atoms with Crippen LogP contribution in [0.3, 0.4) is 0 Å². The van der Waals surface area contributed by atoms with Gasteiger partial charge < -0.3 is 0 Å². The van der Waals surface area contributed by atoms with Crippen molar-refractivity contribution < 1.29 is 0 Å². The first kappa shape index (κ1) is 12.5. The molecule has 3 rings (SSSR count). The molecule has 0 aliphatic carbocycles. The number of aromatic nitrogens is 1. The number of fused-ring (bicyclic) bond motifs is 1. The van der Waals surface area contributed by atoms with Gasteiger partial charge in [0.25, 0.3) is 0 Å². The van der Waals surface area contributed by atoms with Crippen LogP contribution in [0.25, 0.3) is 21.9 Å². The van der Waals surface area contributed by atoms with E-state index in [0.717, 1.165) is 5.56 Å². The van der Waals surface area contributed by atoms with Crippen molar-refractivity contribution in [3.63, 3.8) is 0 Å². The van der Waals surface area contributed by atoms with Gasteiger partial charge in [-0.25, -0.2) is 4.98 Å². The monoisotopic (exact) mass is 285 g/mol. The van der Waals surface area contributed by atoms with E-state index in [2.05, 4.69) is 47.6 Å². The Balaban J connectivity index is 2.41. The molecular weight excluding hydrogens is 274 g/mol. The molecule has 0 aliphatic heterocycles. The average molecular weight is 286 g/mol. The van der Waals surface area contributed by atoms with Gasteiger partial charge in [-0.05, 0) is 35.2 Å². The normalized spacial score (nSPS) is 10.8. The number of pyridine rings is 1. The average Bonchev–Trinajstić information content (AvgIpc) is 2.47. The Hall–Kier alpha value is -1.51. The lowest BCUT2D eigenvalue weighted by Crippen LogP contribution is -1.88. The van der Waals surface area contributed by atoms with Gasteiger partial charge in [-0.15, -0.1) is 11.8 Å². The second-order valence-corrected chi connectivity index (χ2v) is 5.41. The van der Waals surface area contributed by atoms with Crippen LogP contribution in [0.4, 0.5) is 0 Å². The lowest BCUT2D eigenvalue weighted by atomic mass is 9.99. The van der Waals surface area contributed by atoms with Crippen LogP contribution >= 0.6 is 23.4 Å². The SMILES string of the molecule is CSc1ccc2ccccc2c1-c1cccnc1Cl. The fourth-order valence-electron chi connectivity index (χ4n) is 2.27. The maximum absolute atomic E-state index is 6.27. The second kappa shape index (κ2) is 5.24. The van der Waals surface area contributed by atoms with Crippen LogP contribution in [0.15, 0.2) is 59.6 Å². The van der Waals surface area contributed by atoms with Gasteiger partial charge in [-0.3, -0.25) is 0 Å². The summed E-state index contributed by atoms with van der Waals surface area (Å²) in [5.74, 6) is 0. The predicted octanol–water partition coefficient (Wildman–Crippen LogP) is 5.28. The zero-order valence-corrected chi connectivity index (χ0v) is 12.0. The van der Waals surface area contributed by atoms with E-state index in [-0.39, 0.29) is 0 Å². The molecular formula is C16H12ClNS. The molecule has 0 fully saturated rings. The quantitative estimate of drug-likeness (QED) is 0.469. The molecule has 0 N–H and O–H groups in total. The molecule has 0 amide bonds. The molecule has 0 radical (unpaired) electrons. The highest BCUT2D eigenvalue weighted by Gasteiger charge is 2.12. The minimum atomic E-state index is 0.550. The van der Waals surface area contributed by atoms with Crippen molar-refractivity contribution in [1.82, 2.24) is 4.98 Å². The van der Waals surface area contributed by atoms with Gasteiger partial charge in [0.1, 0.15) is 5.15 Å². The zero-order valence-electron chi connectivity index (χ0n) is 10.4. The van der Waals surface area contributed by atoms with Crippen molar-refractivity contribution in [3.8, 4) is 11.1 Å². The molecule has 0 aliphatic rings. The molecule has 0 atom stereocenters. The summed E-state index contributed by atoms with van der Waals surface area (Å²) in [5, 5.41) is 2.98. The highest BCUT2D eigenvalue weighted by molar-refractivity contribution is 7.98. The van der Waals surface area contributed by atoms with Crippen LogP contribution in [0, 0.1) is 0 Å². The topological polar surface area (TPSA) is 12.9 Å². The molecule has 1 heterocycles. The summed E-state index contributed by atoms with van der Waals surface area (Å²) >= 11 is 8.00. The molecule has 3 heteroatoms. The Morgan fingerprint density at radius 1 is 1.00 bits per heavy atom. The third-order valence-corrected chi connectivity index (χ3v) is 4.22. The van der Waals surface area contributed by atoms with Crippen LogP contribution in [-0.2, 0) is 0 Å². The van der Waals surface area contributed by atoms with Crippen LogP contribution in [0.5, 0.6) is 0 Å². The highest BCUT2D eigenvalue weighted by atomic mass is 35.5. The number of benzene rings is 2.